The Hall–Kier alpha value is -2.43. The van der Waals surface area contributed by atoms with Crippen molar-refractivity contribution in [3.63, 3.8) is 0 Å². The van der Waals surface area contributed by atoms with E-state index in [1.807, 2.05) is 0 Å². The minimum atomic E-state index is -5.07. The monoisotopic (exact) mass is 334 g/mol. The summed E-state index contributed by atoms with van der Waals surface area (Å²) in [6, 6.07) is 1.57. The van der Waals surface area contributed by atoms with Gasteiger partial charge in [0, 0.05) is 24.8 Å². The van der Waals surface area contributed by atoms with E-state index in [0.29, 0.717) is 5.69 Å². The van der Waals surface area contributed by atoms with E-state index in [0.717, 1.165) is 5.06 Å². The summed E-state index contributed by atoms with van der Waals surface area (Å²) in [6.07, 6.45) is -5.07. The van der Waals surface area contributed by atoms with Gasteiger partial charge in [-0.15, -0.1) is 5.06 Å². The fraction of sp³-hybridized carbons (Fsp3) is 0.500. The largest absolute Gasteiger partial charge is 0.492 e. The smallest absolute Gasteiger partial charge is 0.481 e. The number of aryl methyl sites for hydroxylation is 1. The Bertz CT molecular complexity index is 617. The molecule has 0 aliphatic carbocycles. The molecular weight excluding hydrogens is 321 g/mol. The van der Waals surface area contributed by atoms with Crippen LogP contribution in [-0.4, -0.2) is 53.3 Å². The van der Waals surface area contributed by atoms with Crippen molar-refractivity contribution in [2.45, 2.75) is 13.1 Å². The standard InChI is InChI=1S/C12H13F3N4O4/c1-6-3-8(22-2)17-11(16-6)18-9(20)7-4-19(5-7)23-10(21)12(13,14)15/h3,7H,4-5H2,1-2H3,(H,16,17,18,20). The highest BCUT2D eigenvalue weighted by Gasteiger charge is 2.45. The zero-order valence-electron chi connectivity index (χ0n) is 12.2. The minimum absolute atomic E-state index is 0.0255. The Morgan fingerprint density at radius 2 is 2.00 bits per heavy atom. The molecule has 0 aromatic carbocycles. The molecule has 1 aliphatic rings. The Labute approximate surface area is 128 Å². The summed E-state index contributed by atoms with van der Waals surface area (Å²) in [5, 5.41) is 3.19. The van der Waals surface area contributed by atoms with Gasteiger partial charge in [-0.25, -0.2) is 9.78 Å². The maximum atomic E-state index is 12.0. The van der Waals surface area contributed by atoms with Crippen molar-refractivity contribution in [2.75, 3.05) is 25.5 Å². The lowest BCUT2D eigenvalue weighted by atomic mass is 10.0. The Morgan fingerprint density at radius 1 is 1.35 bits per heavy atom. The number of hydrogen-bond acceptors (Lipinski definition) is 7. The number of hydrogen-bond donors (Lipinski definition) is 1. The maximum Gasteiger partial charge on any atom is 0.492 e. The van der Waals surface area contributed by atoms with Gasteiger partial charge in [0.2, 0.25) is 17.7 Å². The molecule has 1 aliphatic heterocycles. The first-order chi connectivity index (χ1) is 10.7. The van der Waals surface area contributed by atoms with Crippen LogP contribution in [0.5, 0.6) is 5.88 Å². The van der Waals surface area contributed by atoms with Crippen molar-refractivity contribution in [1.29, 1.82) is 0 Å². The first-order valence-corrected chi connectivity index (χ1v) is 6.43. The van der Waals surface area contributed by atoms with Gasteiger partial charge >= 0.3 is 12.1 Å². The SMILES string of the molecule is COc1cc(C)nc(NC(=O)C2CN(OC(=O)C(F)(F)F)C2)n1. The molecule has 2 heterocycles. The average Bonchev–Trinajstić information content (AvgIpc) is 2.39. The number of rotatable bonds is 4. The lowest BCUT2D eigenvalue weighted by Crippen LogP contribution is -2.53. The first-order valence-electron chi connectivity index (χ1n) is 6.43. The van der Waals surface area contributed by atoms with Crippen LogP contribution in [0.3, 0.4) is 0 Å². The zero-order chi connectivity index (χ0) is 17.2. The van der Waals surface area contributed by atoms with Crippen LogP contribution in [0.15, 0.2) is 6.07 Å². The Balaban J connectivity index is 1.85. The van der Waals surface area contributed by atoms with E-state index in [1.165, 1.54) is 7.11 Å². The van der Waals surface area contributed by atoms with Crippen molar-refractivity contribution in [1.82, 2.24) is 15.0 Å². The van der Waals surface area contributed by atoms with E-state index in [1.54, 1.807) is 13.0 Å². The maximum absolute atomic E-state index is 12.0. The molecular formula is C12H13F3N4O4. The van der Waals surface area contributed by atoms with Crippen molar-refractivity contribution in [3.05, 3.63) is 11.8 Å². The van der Waals surface area contributed by atoms with Gasteiger partial charge in [0.15, 0.2) is 0 Å². The van der Waals surface area contributed by atoms with Gasteiger partial charge in [0.05, 0.1) is 13.0 Å². The third-order valence-electron chi connectivity index (χ3n) is 2.94. The minimum Gasteiger partial charge on any atom is -0.481 e. The first kappa shape index (κ1) is 16.9. The van der Waals surface area contributed by atoms with E-state index >= 15 is 0 Å². The number of carbonyl (C=O) groups is 2. The van der Waals surface area contributed by atoms with Gasteiger partial charge in [-0.3, -0.25) is 10.1 Å². The van der Waals surface area contributed by atoms with Crippen molar-refractivity contribution < 1.29 is 32.3 Å². The highest BCUT2D eigenvalue weighted by atomic mass is 19.4. The number of aromatic nitrogens is 2. The fourth-order valence-corrected chi connectivity index (χ4v) is 1.76. The van der Waals surface area contributed by atoms with E-state index in [4.69, 9.17) is 4.74 Å². The molecule has 8 nitrogen and oxygen atoms in total. The van der Waals surface area contributed by atoms with E-state index in [2.05, 4.69) is 20.1 Å². The Morgan fingerprint density at radius 3 is 2.57 bits per heavy atom. The van der Waals surface area contributed by atoms with Crippen LogP contribution in [0.25, 0.3) is 0 Å². The molecule has 1 amide bonds. The molecule has 126 valence electrons. The van der Waals surface area contributed by atoms with E-state index in [9.17, 15) is 22.8 Å². The summed E-state index contributed by atoms with van der Waals surface area (Å²) < 4.78 is 41.0. The van der Waals surface area contributed by atoms with Gasteiger partial charge in [0.1, 0.15) is 0 Å². The van der Waals surface area contributed by atoms with Gasteiger partial charge in [-0.2, -0.15) is 18.2 Å². The third-order valence-corrected chi connectivity index (χ3v) is 2.94. The predicted octanol–water partition coefficient (Wildman–Crippen LogP) is 0.684. The second-order valence-electron chi connectivity index (χ2n) is 4.78. The van der Waals surface area contributed by atoms with Gasteiger partial charge < -0.3 is 9.57 Å². The highest BCUT2D eigenvalue weighted by Crippen LogP contribution is 2.22. The van der Waals surface area contributed by atoms with Crippen LogP contribution in [0.4, 0.5) is 19.1 Å². The van der Waals surface area contributed by atoms with Gasteiger partial charge in [-0.05, 0) is 6.92 Å². The van der Waals surface area contributed by atoms with Crippen molar-refractivity contribution in [2.24, 2.45) is 5.92 Å². The molecule has 1 fully saturated rings. The number of anilines is 1. The Kier molecular flexibility index (Phi) is 4.68. The lowest BCUT2D eigenvalue weighted by molar-refractivity contribution is -0.256. The molecule has 2 rings (SSSR count). The van der Waals surface area contributed by atoms with Crippen LogP contribution >= 0.6 is 0 Å². The molecule has 1 saturated heterocycles. The lowest BCUT2D eigenvalue weighted by Gasteiger charge is -2.35. The van der Waals surface area contributed by atoms with Gasteiger partial charge in [-0.1, -0.05) is 0 Å². The predicted molar refractivity (Wildman–Crippen MR) is 69.2 cm³/mol. The molecule has 23 heavy (non-hydrogen) atoms. The highest BCUT2D eigenvalue weighted by molar-refractivity contribution is 5.92. The molecule has 1 aromatic rings. The topological polar surface area (TPSA) is 93.6 Å². The average molecular weight is 334 g/mol. The number of nitrogens with zero attached hydrogens (tertiary/aromatic N) is 3. The quantitative estimate of drug-likeness (QED) is 0.865. The molecule has 0 bridgehead atoms. The zero-order valence-corrected chi connectivity index (χ0v) is 12.2. The van der Waals surface area contributed by atoms with E-state index in [-0.39, 0.29) is 24.9 Å². The van der Waals surface area contributed by atoms with Crippen molar-refractivity contribution >= 4 is 17.8 Å². The molecule has 0 saturated carbocycles. The summed E-state index contributed by atoms with van der Waals surface area (Å²) in [5.74, 6) is -3.15. The van der Waals surface area contributed by atoms with E-state index < -0.39 is 24.0 Å². The summed E-state index contributed by atoms with van der Waals surface area (Å²) in [5.41, 5.74) is 0.571. The molecule has 1 aromatic heterocycles. The van der Waals surface area contributed by atoms with Gasteiger partial charge in [0.25, 0.3) is 0 Å². The fourth-order valence-electron chi connectivity index (χ4n) is 1.76. The molecule has 0 radical (unpaired) electrons. The van der Waals surface area contributed by atoms with Crippen LogP contribution in [0, 0.1) is 12.8 Å². The van der Waals surface area contributed by atoms with Crippen LogP contribution in [-0.2, 0) is 14.4 Å². The number of carbonyl (C=O) groups excluding carboxylic acids is 2. The number of hydroxylamine groups is 2. The summed E-state index contributed by atoms with van der Waals surface area (Å²) >= 11 is 0. The molecule has 11 heteroatoms. The van der Waals surface area contributed by atoms with Crippen molar-refractivity contribution in [3.8, 4) is 5.88 Å². The van der Waals surface area contributed by atoms with Crippen LogP contribution in [0.2, 0.25) is 0 Å². The number of alkyl halides is 3. The van der Waals surface area contributed by atoms with Crippen LogP contribution < -0.4 is 10.1 Å². The molecule has 0 unspecified atom stereocenters. The number of halogens is 3. The number of ether oxygens (including phenoxy) is 1. The molecule has 0 atom stereocenters. The summed E-state index contributed by atoms with van der Waals surface area (Å²) in [4.78, 5) is 34.5. The number of methoxy groups -OCH3 is 1. The molecule has 0 spiro atoms. The molecule has 1 N–H and O–H groups in total. The second-order valence-corrected chi connectivity index (χ2v) is 4.78. The third kappa shape index (κ3) is 4.28. The number of nitrogens with one attached hydrogen (secondary N) is 1. The van der Waals surface area contributed by atoms with Crippen LogP contribution in [0.1, 0.15) is 5.69 Å². The normalized spacial score (nSPS) is 15.7. The summed E-state index contributed by atoms with van der Waals surface area (Å²) in [7, 11) is 1.41. The summed E-state index contributed by atoms with van der Waals surface area (Å²) in [6.45, 7) is 1.40. The second kappa shape index (κ2) is 6.36. The number of amides is 1.